The Hall–Kier alpha value is -1.02. The first kappa shape index (κ1) is 15.0. The molecule has 0 aliphatic rings. The van der Waals surface area contributed by atoms with Gasteiger partial charge in [0.05, 0.1) is 0 Å². The van der Waals surface area contributed by atoms with Crippen LogP contribution in [-0.2, 0) is 0 Å². The number of hydrogen-bond donors (Lipinski definition) is 1. The molecule has 1 rings (SSSR count). The fourth-order valence-corrected chi connectivity index (χ4v) is 2.05. The third-order valence-electron chi connectivity index (χ3n) is 3.67. The first-order valence-corrected chi connectivity index (χ1v) is 6.97. The SMILES string of the molecule is Cc1ccc(C(C)C)cc1N(C)CCC(C)CN. The van der Waals surface area contributed by atoms with Crippen molar-refractivity contribution in [1.29, 1.82) is 0 Å². The summed E-state index contributed by atoms with van der Waals surface area (Å²) in [5.74, 6) is 1.18. The molecule has 0 aromatic heterocycles. The van der Waals surface area contributed by atoms with Crippen LogP contribution in [0.4, 0.5) is 5.69 Å². The smallest absolute Gasteiger partial charge is 0.0396 e. The molecule has 18 heavy (non-hydrogen) atoms. The average molecular weight is 248 g/mol. The van der Waals surface area contributed by atoms with Crippen LogP contribution >= 0.6 is 0 Å². The van der Waals surface area contributed by atoms with Crippen LogP contribution in [0, 0.1) is 12.8 Å². The van der Waals surface area contributed by atoms with Crippen molar-refractivity contribution in [2.24, 2.45) is 11.7 Å². The number of benzene rings is 1. The van der Waals surface area contributed by atoms with Crippen molar-refractivity contribution in [3.8, 4) is 0 Å². The molecule has 1 unspecified atom stereocenters. The monoisotopic (exact) mass is 248 g/mol. The molecular formula is C16H28N2. The second-order valence-electron chi connectivity index (χ2n) is 5.75. The fourth-order valence-electron chi connectivity index (χ4n) is 2.05. The molecule has 1 atom stereocenters. The van der Waals surface area contributed by atoms with E-state index in [-0.39, 0.29) is 0 Å². The number of rotatable bonds is 6. The van der Waals surface area contributed by atoms with Gasteiger partial charge in [-0.1, -0.05) is 32.9 Å². The van der Waals surface area contributed by atoms with Crippen LogP contribution in [0.25, 0.3) is 0 Å². The summed E-state index contributed by atoms with van der Waals surface area (Å²) in [6.07, 6.45) is 1.15. The van der Waals surface area contributed by atoms with Gasteiger partial charge in [-0.05, 0) is 48.9 Å². The summed E-state index contributed by atoms with van der Waals surface area (Å²) in [6.45, 7) is 10.7. The molecule has 0 heterocycles. The Morgan fingerprint density at radius 3 is 2.44 bits per heavy atom. The minimum atomic E-state index is 0.584. The highest BCUT2D eigenvalue weighted by atomic mass is 15.1. The Labute approximate surface area is 112 Å². The Balaban J connectivity index is 2.77. The van der Waals surface area contributed by atoms with Gasteiger partial charge in [0.2, 0.25) is 0 Å². The number of hydrogen-bond acceptors (Lipinski definition) is 2. The van der Waals surface area contributed by atoms with Crippen LogP contribution in [0.5, 0.6) is 0 Å². The topological polar surface area (TPSA) is 29.3 Å². The van der Waals surface area contributed by atoms with Crippen molar-refractivity contribution in [2.75, 3.05) is 25.0 Å². The second kappa shape index (κ2) is 6.79. The molecule has 0 saturated carbocycles. The summed E-state index contributed by atoms with van der Waals surface area (Å²) in [6, 6.07) is 6.79. The van der Waals surface area contributed by atoms with Gasteiger partial charge in [-0.3, -0.25) is 0 Å². The summed E-state index contributed by atoms with van der Waals surface area (Å²) in [5, 5.41) is 0. The predicted molar refractivity (Wildman–Crippen MR) is 81.4 cm³/mol. The Morgan fingerprint density at radius 1 is 1.22 bits per heavy atom. The molecule has 0 amide bonds. The van der Waals surface area contributed by atoms with E-state index in [1.54, 1.807) is 0 Å². The number of aryl methyl sites for hydroxylation is 1. The van der Waals surface area contributed by atoms with Gasteiger partial charge in [0.15, 0.2) is 0 Å². The van der Waals surface area contributed by atoms with Gasteiger partial charge in [0, 0.05) is 19.3 Å². The van der Waals surface area contributed by atoms with Crippen LogP contribution in [0.15, 0.2) is 18.2 Å². The molecule has 0 bridgehead atoms. The lowest BCUT2D eigenvalue weighted by Crippen LogP contribution is -2.23. The molecule has 2 N–H and O–H groups in total. The van der Waals surface area contributed by atoms with E-state index in [1.165, 1.54) is 16.8 Å². The molecule has 0 saturated heterocycles. The van der Waals surface area contributed by atoms with Crippen LogP contribution in [-0.4, -0.2) is 20.1 Å². The van der Waals surface area contributed by atoms with E-state index in [0.29, 0.717) is 11.8 Å². The summed E-state index contributed by atoms with van der Waals surface area (Å²) in [4.78, 5) is 2.35. The van der Waals surface area contributed by atoms with Gasteiger partial charge in [-0.2, -0.15) is 0 Å². The van der Waals surface area contributed by atoms with Gasteiger partial charge in [0.25, 0.3) is 0 Å². The predicted octanol–water partition coefficient (Wildman–Crippen LogP) is 3.54. The number of nitrogens with two attached hydrogens (primary N) is 1. The molecule has 1 aromatic rings. The van der Waals surface area contributed by atoms with E-state index in [2.05, 4.69) is 57.8 Å². The zero-order valence-electron chi connectivity index (χ0n) is 12.5. The lowest BCUT2D eigenvalue weighted by atomic mass is 10.00. The summed E-state index contributed by atoms with van der Waals surface area (Å²) in [5.41, 5.74) is 9.79. The zero-order chi connectivity index (χ0) is 13.7. The van der Waals surface area contributed by atoms with Gasteiger partial charge in [-0.15, -0.1) is 0 Å². The highest BCUT2D eigenvalue weighted by Crippen LogP contribution is 2.25. The van der Waals surface area contributed by atoms with E-state index in [4.69, 9.17) is 5.73 Å². The molecule has 2 nitrogen and oxygen atoms in total. The lowest BCUT2D eigenvalue weighted by Gasteiger charge is -2.24. The Morgan fingerprint density at radius 2 is 1.89 bits per heavy atom. The standard InChI is InChI=1S/C16H28N2/c1-12(2)15-7-6-14(4)16(10-15)18(5)9-8-13(3)11-17/h6-7,10,12-13H,8-9,11,17H2,1-5H3. The zero-order valence-corrected chi connectivity index (χ0v) is 12.5. The van der Waals surface area contributed by atoms with Crippen LogP contribution < -0.4 is 10.6 Å². The molecule has 0 aliphatic carbocycles. The van der Waals surface area contributed by atoms with Crippen LogP contribution in [0.1, 0.15) is 44.2 Å². The summed E-state index contributed by atoms with van der Waals surface area (Å²) >= 11 is 0. The number of nitrogens with zero attached hydrogens (tertiary/aromatic N) is 1. The molecule has 0 fully saturated rings. The Bertz CT molecular complexity index is 371. The molecule has 0 aliphatic heterocycles. The molecular weight excluding hydrogens is 220 g/mol. The van der Waals surface area contributed by atoms with E-state index < -0.39 is 0 Å². The van der Waals surface area contributed by atoms with E-state index in [1.807, 2.05) is 0 Å². The van der Waals surface area contributed by atoms with Gasteiger partial charge < -0.3 is 10.6 Å². The maximum Gasteiger partial charge on any atom is 0.0396 e. The van der Waals surface area contributed by atoms with Crippen molar-refractivity contribution < 1.29 is 0 Å². The van der Waals surface area contributed by atoms with Gasteiger partial charge >= 0.3 is 0 Å². The highest BCUT2D eigenvalue weighted by molar-refractivity contribution is 5.54. The summed E-state index contributed by atoms with van der Waals surface area (Å²) in [7, 11) is 2.18. The van der Waals surface area contributed by atoms with Crippen molar-refractivity contribution in [3.05, 3.63) is 29.3 Å². The largest absolute Gasteiger partial charge is 0.374 e. The second-order valence-corrected chi connectivity index (χ2v) is 5.75. The average Bonchev–Trinajstić information content (AvgIpc) is 2.35. The van der Waals surface area contributed by atoms with Gasteiger partial charge in [0.1, 0.15) is 0 Å². The van der Waals surface area contributed by atoms with Gasteiger partial charge in [-0.25, -0.2) is 0 Å². The van der Waals surface area contributed by atoms with E-state index >= 15 is 0 Å². The molecule has 1 aromatic carbocycles. The maximum absolute atomic E-state index is 5.67. The van der Waals surface area contributed by atoms with Crippen molar-refractivity contribution >= 4 is 5.69 Å². The van der Waals surface area contributed by atoms with Crippen molar-refractivity contribution in [2.45, 2.75) is 40.0 Å². The van der Waals surface area contributed by atoms with Crippen molar-refractivity contribution in [1.82, 2.24) is 0 Å². The third kappa shape index (κ3) is 4.02. The minimum Gasteiger partial charge on any atom is -0.374 e. The summed E-state index contributed by atoms with van der Waals surface area (Å²) < 4.78 is 0. The first-order chi connectivity index (χ1) is 8.45. The quantitative estimate of drug-likeness (QED) is 0.834. The maximum atomic E-state index is 5.67. The fraction of sp³-hybridized carbons (Fsp3) is 0.625. The molecule has 0 spiro atoms. The van der Waals surface area contributed by atoms with E-state index in [9.17, 15) is 0 Å². The molecule has 102 valence electrons. The highest BCUT2D eigenvalue weighted by Gasteiger charge is 2.09. The Kier molecular flexibility index (Phi) is 5.67. The van der Waals surface area contributed by atoms with E-state index in [0.717, 1.165) is 19.5 Å². The molecule has 0 radical (unpaired) electrons. The minimum absolute atomic E-state index is 0.584. The normalized spacial score (nSPS) is 12.8. The van der Waals surface area contributed by atoms with Crippen molar-refractivity contribution in [3.63, 3.8) is 0 Å². The third-order valence-corrected chi connectivity index (χ3v) is 3.67. The van der Waals surface area contributed by atoms with Crippen LogP contribution in [0.2, 0.25) is 0 Å². The van der Waals surface area contributed by atoms with Crippen LogP contribution in [0.3, 0.4) is 0 Å². The first-order valence-electron chi connectivity index (χ1n) is 6.97. The molecule has 2 heteroatoms. The number of anilines is 1. The lowest BCUT2D eigenvalue weighted by molar-refractivity contribution is 0.545.